The second-order valence-electron chi connectivity index (χ2n) is 13.3. The average Bonchev–Trinajstić information content (AvgIpc) is 3.19. The van der Waals surface area contributed by atoms with Gasteiger partial charge in [-0.25, -0.2) is 0 Å². The standard InChI is InChI=1S/C46H34BN3/c1-5-18-35(19-6-1)48(36-20-7-2-8-21-36)39-28-29-40-45(32-39)50(38-24-11-4-12-25-38)43-27-15-26-42-46(43)47(40)41-30-33-16-13-14-17-34(33)31-44(41)49(42)37-22-9-3-10-23-37/h1-26,28-32,43H,27H2. The molecule has 2 heterocycles. The first-order valence-electron chi connectivity index (χ1n) is 17.5. The Labute approximate surface area is 293 Å². The predicted octanol–water partition coefficient (Wildman–Crippen LogP) is 10.3. The van der Waals surface area contributed by atoms with Crippen molar-refractivity contribution in [2.24, 2.45) is 0 Å². The van der Waals surface area contributed by atoms with Crippen LogP contribution in [0.25, 0.3) is 10.8 Å². The maximum atomic E-state index is 2.61. The summed E-state index contributed by atoms with van der Waals surface area (Å²) in [5.74, 6) is 0. The van der Waals surface area contributed by atoms with Crippen LogP contribution in [0.2, 0.25) is 0 Å². The number of allylic oxidation sites excluding steroid dienone is 1. The molecule has 10 rings (SSSR count). The number of para-hydroxylation sites is 4. The third-order valence-corrected chi connectivity index (χ3v) is 10.5. The fourth-order valence-corrected chi connectivity index (χ4v) is 8.45. The van der Waals surface area contributed by atoms with Gasteiger partial charge in [0.05, 0.1) is 6.04 Å². The molecule has 4 heteroatoms. The molecule has 3 nitrogen and oxygen atoms in total. The van der Waals surface area contributed by atoms with E-state index in [9.17, 15) is 0 Å². The van der Waals surface area contributed by atoms with Crippen molar-refractivity contribution >= 4 is 68.2 Å². The van der Waals surface area contributed by atoms with E-state index < -0.39 is 0 Å². The van der Waals surface area contributed by atoms with Gasteiger partial charge in [-0.15, -0.1) is 0 Å². The molecule has 1 atom stereocenters. The second-order valence-corrected chi connectivity index (χ2v) is 13.3. The Hall–Kier alpha value is -6.26. The first kappa shape index (κ1) is 28.7. The Morgan fingerprint density at radius 1 is 0.500 bits per heavy atom. The zero-order valence-electron chi connectivity index (χ0n) is 27.6. The monoisotopic (exact) mass is 639 g/mol. The minimum Gasteiger partial charge on any atom is -0.335 e. The van der Waals surface area contributed by atoms with Crippen molar-refractivity contribution in [3.8, 4) is 0 Å². The number of benzene rings is 7. The van der Waals surface area contributed by atoms with Crippen LogP contribution in [-0.4, -0.2) is 12.8 Å². The zero-order chi connectivity index (χ0) is 33.0. The van der Waals surface area contributed by atoms with Crippen molar-refractivity contribution in [3.05, 3.63) is 199 Å². The third-order valence-electron chi connectivity index (χ3n) is 10.5. The lowest BCUT2D eigenvalue weighted by molar-refractivity contribution is 0.752. The van der Waals surface area contributed by atoms with Crippen LogP contribution in [0, 0.1) is 0 Å². The Bertz CT molecular complexity index is 2380. The predicted molar refractivity (Wildman–Crippen MR) is 212 cm³/mol. The van der Waals surface area contributed by atoms with Crippen molar-refractivity contribution in [2.45, 2.75) is 12.5 Å². The molecule has 0 amide bonds. The summed E-state index contributed by atoms with van der Waals surface area (Å²) in [6, 6.07) is 64.3. The van der Waals surface area contributed by atoms with Crippen molar-refractivity contribution < 1.29 is 0 Å². The molecule has 0 bridgehead atoms. The number of nitrogens with zero attached hydrogens (tertiary/aromatic N) is 3. The van der Waals surface area contributed by atoms with Crippen LogP contribution in [0.5, 0.6) is 0 Å². The fourth-order valence-electron chi connectivity index (χ4n) is 8.45. The third kappa shape index (κ3) is 4.53. The Morgan fingerprint density at radius 2 is 1.08 bits per heavy atom. The highest BCUT2D eigenvalue weighted by atomic mass is 15.2. The van der Waals surface area contributed by atoms with Crippen LogP contribution in [0.1, 0.15) is 6.42 Å². The molecular weight excluding hydrogens is 605 g/mol. The largest absolute Gasteiger partial charge is 0.335 e. The molecule has 1 aliphatic carbocycles. The smallest absolute Gasteiger partial charge is 0.247 e. The molecule has 0 radical (unpaired) electrons. The minimum absolute atomic E-state index is 0.116. The normalized spacial score (nSPS) is 15.8. The lowest BCUT2D eigenvalue weighted by Gasteiger charge is -2.50. The first-order valence-corrected chi connectivity index (χ1v) is 17.5. The van der Waals surface area contributed by atoms with E-state index >= 15 is 0 Å². The molecule has 2 aliphatic heterocycles. The minimum atomic E-state index is 0.116. The summed E-state index contributed by atoms with van der Waals surface area (Å²) in [7, 11) is 0. The van der Waals surface area contributed by atoms with Gasteiger partial charge in [-0.05, 0) is 106 Å². The number of anilines is 7. The fraction of sp³-hybridized carbons (Fsp3) is 0.0435. The van der Waals surface area contributed by atoms with Gasteiger partial charge >= 0.3 is 0 Å². The van der Waals surface area contributed by atoms with Gasteiger partial charge in [0.2, 0.25) is 6.71 Å². The van der Waals surface area contributed by atoms with E-state index in [0.29, 0.717) is 0 Å². The van der Waals surface area contributed by atoms with Gasteiger partial charge in [-0.3, -0.25) is 0 Å². The number of hydrogen-bond donors (Lipinski definition) is 0. The lowest BCUT2D eigenvalue weighted by Crippen LogP contribution is -2.61. The Morgan fingerprint density at radius 3 is 1.74 bits per heavy atom. The molecule has 3 aliphatic rings. The van der Waals surface area contributed by atoms with Gasteiger partial charge in [-0.1, -0.05) is 115 Å². The van der Waals surface area contributed by atoms with Crippen LogP contribution < -0.4 is 25.6 Å². The molecule has 7 aromatic carbocycles. The molecule has 0 spiro atoms. The summed E-state index contributed by atoms with van der Waals surface area (Å²) >= 11 is 0. The summed E-state index contributed by atoms with van der Waals surface area (Å²) in [5.41, 5.74) is 13.8. The molecule has 7 aromatic rings. The Kier molecular flexibility index (Phi) is 6.73. The van der Waals surface area contributed by atoms with E-state index in [-0.39, 0.29) is 12.8 Å². The number of fused-ring (bicyclic) bond motifs is 5. The van der Waals surface area contributed by atoms with Crippen LogP contribution in [0.4, 0.5) is 39.8 Å². The van der Waals surface area contributed by atoms with Gasteiger partial charge < -0.3 is 14.7 Å². The van der Waals surface area contributed by atoms with Gasteiger partial charge in [0.25, 0.3) is 0 Å². The molecule has 0 fully saturated rings. The van der Waals surface area contributed by atoms with Gasteiger partial charge in [0.15, 0.2) is 0 Å². The van der Waals surface area contributed by atoms with Crippen LogP contribution in [0.15, 0.2) is 199 Å². The zero-order valence-corrected chi connectivity index (χ0v) is 27.6. The van der Waals surface area contributed by atoms with Crippen molar-refractivity contribution in [2.75, 3.05) is 14.7 Å². The maximum Gasteiger partial charge on any atom is 0.247 e. The van der Waals surface area contributed by atoms with E-state index in [1.807, 2.05) is 0 Å². The van der Waals surface area contributed by atoms with E-state index in [1.165, 1.54) is 55.6 Å². The summed E-state index contributed by atoms with van der Waals surface area (Å²) in [4.78, 5) is 7.49. The van der Waals surface area contributed by atoms with Crippen LogP contribution >= 0.6 is 0 Å². The van der Waals surface area contributed by atoms with Gasteiger partial charge in [0.1, 0.15) is 0 Å². The van der Waals surface area contributed by atoms with E-state index in [4.69, 9.17) is 0 Å². The molecule has 1 unspecified atom stereocenters. The summed E-state index contributed by atoms with van der Waals surface area (Å²) in [6.45, 7) is 0.116. The maximum absolute atomic E-state index is 2.61. The molecule has 50 heavy (non-hydrogen) atoms. The highest BCUT2D eigenvalue weighted by molar-refractivity contribution is 6.94. The molecule has 0 saturated heterocycles. The van der Waals surface area contributed by atoms with Crippen molar-refractivity contribution in [1.82, 2.24) is 0 Å². The summed E-state index contributed by atoms with van der Waals surface area (Å²) < 4.78 is 0. The molecule has 0 aromatic heterocycles. The molecule has 0 N–H and O–H groups in total. The van der Waals surface area contributed by atoms with E-state index in [0.717, 1.165) is 23.5 Å². The SMILES string of the molecule is C1=CC2=C3B(c4cc5ccccc5cc4N2c2ccccc2)c2ccc(N(c4ccccc4)c4ccccc4)cc2N(c2ccccc2)C3C1. The van der Waals surface area contributed by atoms with Crippen LogP contribution in [0.3, 0.4) is 0 Å². The van der Waals surface area contributed by atoms with Crippen LogP contribution in [-0.2, 0) is 0 Å². The summed E-state index contributed by atoms with van der Waals surface area (Å²) in [6.07, 6.45) is 5.69. The quantitative estimate of drug-likeness (QED) is 0.174. The summed E-state index contributed by atoms with van der Waals surface area (Å²) in [5, 5.41) is 2.53. The van der Waals surface area contributed by atoms with Gasteiger partial charge in [-0.2, -0.15) is 0 Å². The van der Waals surface area contributed by atoms with E-state index in [2.05, 4.69) is 203 Å². The lowest BCUT2D eigenvalue weighted by atomic mass is 9.31. The highest BCUT2D eigenvalue weighted by Gasteiger charge is 2.47. The van der Waals surface area contributed by atoms with E-state index in [1.54, 1.807) is 0 Å². The topological polar surface area (TPSA) is 9.72 Å². The Balaban J connectivity index is 1.26. The highest BCUT2D eigenvalue weighted by Crippen LogP contribution is 2.47. The second kappa shape index (κ2) is 11.7. The first-order chi connectivity index (χ1) is 24.8. The molecule has 0 saturated carbocycles. The number of hydrogen-bond acceptors (Lipinski definition) is 3. The number of rotatable bonds is 5. The van der Waals surface area contributed by atoms with Gasteiger partial charge in [0, 0.05) is 45.5 Å². The molecule has 236 valence electrons. The molecular formula is C46H34BN3. The van der Waals surface area contributed by atoms with Crippen molar-refractivity contribution in [3.63, 3.8) is 0 Å². The average molecular weight is 640 g/mol. The van der Waals surface area contributed by atoms with Crippen molar-refractivity contribution in [1.29, 1.82) is 0 Å².